The maximum absolute atomic E-state index is 4.25. The Kier molecular flexibility index (Phi) is 4.54. The number of aromatic nitrogens is 3. The monoisotopic (exact) mass is 236 g/mol. The Morgan fingerprint density at radius 1 is 1.35 bits per heavy atom. The number of H-pyrrole nitrogens is 1. The van der Waals surface area contributed by atoms with Gasteiger partial charge in [0, 0.05) is 0 Å². The van der Waals surface area contributed by atoms with Crippen molar-refractivity contribution in [2.45, 2.75) is 52.0 Å². The summed E-state index contributed by atoms with van der Waals surface area (Å²) in [6.45, 7) is 5.46. The van der Waals surface area contributed by atoms with Crippen molar-refractivity contribution in [2.24, 2.45) is 11.8 Å². The van der Waals surface area contributed by atoms with Crippen molar-refractivity contribution >= 4 is 0 Å². The van der Waals surface area contributed by atoms with Crippen LogP contribution in [0.2, 0.25) is 0 Å². The van der Waals surface area contributed by atoms with Crippen LogP contribution < -0.4 is 5.32 Å². The number of hydrogen-bond donors (Lipinski definition) is 2. The molecule has 2 rings (SSSR count). The molecule has 2 N–H and O–H groups in total. The van der Waals surface area contributed by atoms with Crippen molar-refractivity contribution in [3.05, 3.63) is 11.9 Å². The topological polar surface area (TPSA) is 53.6 Å². The molecule has 1 aliphatic carbocycles. The zero-order valence-corrected chi connectivity index (χ0v) is 10.9. The summed E-state index contributed by atoms with van der Waals surface area (Å²) in [7, 11) is 0. The van der Waals surface area contributed by atoms with E-state index < -0.39 is 0 Å². The lowest BCUT2D eigenvalue weighted by molar-refractivity contribution is 0.217. The van der Waals surface area contributed by atoms with Gasteiger partial charge >= 0.3 is 0 Å². The van der Waals surface area contributed by atoms with Crippen LogP contribution in [0.4, 0.5) is 0 Å². The minimum Gasteiger partial charge on any atom is -0.309 e. The lowest BCUT2D eigenvalue weighted by Gasteiger charge is -2.33. The van der Waals surface area contributed by atoms with Crippen molar-refractivity contribution in [1.29, 1.82) is 0 Å². The molecule has 0 spiro atoms. The molecule has 1 aromatic rings. The molecule has 1 saturated carbocycles. The third-order valence-corrected chi connectivity index (χ3v) is 4.12. The molecular weight excluding hydrogens is 212 g/mol. The zero-order chi connectivity index (χ0) is 12.1. The van der Waals surface area contributed by atoms with Crippen molar-refractivity contribution in [3.8, 4) is 0 Å². The van der Waals surface area contributed by atoms with Crippen LogP contribution in [0.5, 0.6) is 0 Å². The van der Waals surface area contributed by atoms with Crippen molar-refractivity contribution in [2.75, 3.05) is 6.54 Å². The molecule has 4 heteroatoms. The summed E-state index contributed by atoms with van der Waals surface area (Å²) in [6, 6.07) is 0.386. The van der Waals surface area contributed by atoms with E-state index in [-0.39, 0.29) is 0 Å². The molecule has 1 aromatic heterocycles. The first-order valence-corrected chi connectivity index (χ1v) is 6.94. The van der Waals surface area contributed by atoms with Gasteiger partial charge in [0.15, 0.2) is 0 Å². The van der Waals surface area contributed by atoms with E-state index in [1.54, 1.807) is 0 Å². The van der Waals surface area contributed by atoms with Gasteiger partial charge in [0.25, 0.3) is 0 Å². The fourth-order valence-corrected chi connectivity index (χ4v) is 3.02. The first-order valence-electron chi connectivity index (χ1n) is 6.94. The van der Waals surface area contributed by atoms with E-state index in [1.165, 1.54) is 32.1 Å². The molecule has 0 radical (unpaired) electrons. The van der Waals surface area contributed by atoms with Gasteiger partial charge in [-0.05, 0) is 31.2 Å². The van der Waals surface area contributed by atoms with Crippen LogP contribution in [0.3, 0.4) is 0 Å². The van der Waals surface area contributed by atoms with Crippen LogP contribution in [-0.4, -0.2) is 22.0 Å². The summed E-state index contributed by atoms with van der Waals surface area (Å²) in [5.41, 5.74) is 1.08. The Bertz CT molecular complexity index is 301. The highest BCUT2D eigenvalue weighted by Crippen LogP contribution is 2.37. The first kappa shape index (κ1) is 12.6. The van der Waals surface area contributed by atoms with E-state index in [0.717, 1.165) is 24.1 Å². The molecule has 1 atom stereocenters. The minimum absolute atomic E-state index is 0.386. The summed E-state index contributed by atoms with van der Waals surface area (Å²) in [5, 5.41) is 14.5. The summed E-state index contributed by atoms with van der Waals surface area (Å²) >= 11 is 0. The molecule has 0 bridgehead atoms. The molecule has 1 aliphatic rings. The number of hydrogen-bond acceptors (Lipinski definition) is 3. The fraction of sp³-hybridized carbons (Fsp3) is 0.846. The minimum atomic E-state index is 0.386. The van der Waals surface area contributed by atoms with Crippen LogP contribution in [0.1, 0.15) is 57.7 Å². The third kappa shape index (κ3) is 3.06. The lowest BCUT2D eigenvalue weighted by Crippen LogP contribution is -2.31. The molecule has 4 nitrogen and oxygen atoms in total. The highest BCUT2D eigenvalue weighted by atomic mass is 15.3. The van der Waals surface area contributed by atoms with Crippen molar-refractivity contribution in [3.63, 3.8) is 0 Å². The Labute approximate surface area is 104 Å². The van der Waals surface area contributed by atoms with Crippen LogP contribution in [-0.2, 0) is 0 Å². The largest absolute Gasteiger partial charge is 0.309 e. The third-order valence-electron chi connectivity index (χ3n) is 4.12. The Morgan fingerprint density at radius 2 is 2.12 bits per heavy atom. The molecule has 0 aliphatic heterocycles. The molecule has 17 heavy (non-hydrogen) atoms. The molecule has 1 heterocycles. The average molecular weight is 236 g/mol. The Morgan fingerprint density at radius 3 is 2.65 bits per heavy atom. The van der Waals surface area contributed by atoms with Crippen molar-refractivity contribution < 1.29 is 0 Å². The molecular formula is C13H24N4. The lowest BCUT2D eigenvalue weighted by atomic mass is 9.77. The smallest absolute Gasteiger partial charge is 0.0996 e. The second-order valence-corrected chi connectivity index (χ2v) is 5.12. The van der Waals surface area contributed by atoms with Gasteiger partial charge < -0.3 is 5.32 Å². The maximum Gasteiger partial charge on any atom is 0.0996 e. The Hall–Kier alpha value is -0.900. The van der Waals surface area contributed by atoms with Crippen LogP contribution >= 0.6 is 0 Å². The highest BCUT2D eigenvalue weighted by molar-refractivity contribution is 5.02. The molecule has 96 valence electrons. The van der Waals surface area contributed by atoms with E-state index in [4.69, 9.17) is 0 Å². The van der Waals surface area contributed by atoms with Gasteiger partial charge in [-0.25, -0.2) is 0 Å². The van der Waals surface area contributed by atoms with Crippen molar-refractivity contribution in [1.82, 2.24) is 20.7 Å². The zero-order valence-electron chi connectivity index (χ0n) is 10.9. The van der Waals surface area contributed by atoms with Gasteiger partial charge in [0.05, 0.1) is 17.9 Å². The molecule has 1 fully saturated rings. The number of nitrogens with one attached hydrogen (secondary N) is 2. The standard InChI is InChI=1S/C13H24N4/c1-3-10-5-7-11(8-6-10)13(14-4-2)12-9-15-17-16-12/h9-11,13-14H,3-8H2,1-2H3,(H,15,16,17). The second-order valence-electron chi connectivity index (χ2n) is 5.12. The normalized spacial score (nSPS) is 26.9. The molecule has 0 saturated heterocycles. The SMILES string of the molecule is CCNC(c1cn[nH]n1)C1CCC(CC)CC1. The molecule has 1 unspecified atom stereocenters. The van der Waals surface area contributed by atoms with Gasteiger partial charge in [0.1, 0.15) is 0 Å². The summed E-state index contributed by atoms with van der Waals surface area (Å²) in [5.74, 6) is 1.67. The van der Waals surface area contributed by atoms with Gasteiger partial charge in [0.2, 0.25) is 0 Å². The van der Waals surface area contributed by atoms with E-state index in [1.807, 2.05) is 6.20 Å². The van der Waals surface area contributed by atoms with Crippen LogP contribution in [0.25, 0.3) is 0 Å². The van der Waals surface area contributed by atoms with Gasteiger partial charge in [-0.15, -0.1) is 0 Å². The fourth-order valence-electron chi connectivity index (χ4n) is 3.02. The number of aromatic amines is 1. The summed E-state index contributed by atoms with van der Waals surface area (Å²) in [6.07, 6.45) is 8.59. The highest BCUT2D eigenvalue weighted by Gasteiger charge is 2.28. The molecule has 0 aromatic carbocycles. The summed E-state index contributed by atoms with van der Waals surface area (Å²) < 4.78 is 0. The summed E-state index contributed by atoms with van der Waals surface area (Å²) in [4.78, 5) is 0. The number of nitrogens with zero attached hydrogens (tertiary/aromatic N) is 2. The quantitative estimate of drug-likeness (QED) is 0.826. The Balaban J connectivity index is 1.98. The van der Waals surface area contributed by atoms with E-state index in [9.17, 15) is 0 Å². The molecule has 0 amide bonds. The van der Waals surface area contributed by atoms with Gasteiger partial charge in [-0.3, -0.25) is 0 Å². The first-order chi connectivity index (χ1) is 8.35. The maximum atomic E-state index is 4.25. The van der Waals surface area contributed by atoms with E-state index >= 15 is 0 Å². The van der Waals surface area contributed by atoms with Gasteiger partial charge in [-0.1, -0.05) is 33.1 Å². The van der Waals surface area contributed by atoms with E-state index in [2.05, 4.69) is 34.6 Å². The second kappa shape index (κ2) is 6.15. The van der Waals surface area contributed by atoms with Crippen LogP contribution in [0.15, 0.2) is 6.20 Å². The number of rotatable bonds is 5. The van der Waals surface area contributed by atoms with Crippen LogP contribution in [0, 0.1) is 11.8 Å². The predicted octanol–water partition coefficient (Wildman–Crippen LogP) is 2.67. The van der Waals surface area contributed by atoms with Gasteiger partial charge in [-0.2, -0.15) is 15.4 Å². The average Bonchev–Trinajstić information content (AvgIpc) is 2.90. The van der Waals surface area contributed by atoms with E-state index in [0.29, 0.717) is 6.04 Å². The predicted molar refractivity (Wildman–Crippen MR) is 68.5 cm³/mol.